The molecule has 94 valence electrons. The predicted octanol–water partition coefficient (Wildman–Crippen LogP) is 0.118. The van der Waals surface area contributed by atoms with Crippen molar-refractivity contribution in [1.82, 2.24) is 10.6 Å². The monoisotopic (exact) mass is 255 g/mol. The van der Waals surface area contributed by atoms with Crippen molar-refractivity contribution in [3.05, 3.63) is 22.4 Å². The van der Waals surface area contributed by atoms with Gasteiger partial charge in [0, 0.05) is 11.4 Å². The SMILES string of the molecule is CC(NC(=O)[O-])C(=O)NCCCc1cccs1. The zero-order valence-corrected chi connectivity index (χ0v) is 10.4. The Morgan fingerprint density at radius 3 is 2.88 bits per heavy atom. The molecule has 0 fully saturated rings. The first-order valence-corrected chi connectivity index (χ1v) is 6.25. The number of nitrogens with one attached hydrogen (secondary N) is 2. The highest BCUT2D eigenvalue weighted by molar-refractivity contribution is 7.09. The van der Waals surface area contributed by atoms with Gasteiger partial charge in [-0.2, -0.15) is 0 Å². The molecule has 2 N–H and O–H groups in total. The highest BCUT2D eigenvalue weighted by atomic mass is 32.1. The Labute approximate surface area is 104 Å². The number of rotatable bonds is 6. The molecular weight excluding hydrogens is 240 g/mol. The maximum absolute atomic E-state index is 11.4. The van der Waals surface area contributed by atoms with E-state index in [-0.39, 0.29) is 5.91 Å². The van der Waals surface area contributed by atoms with Gasteiger partial charge in [-0.1, -0.05) is 6.07 Å². The molecule has 17 heavy (non-hydrogen) atoms. The Hall–Kier alpha value is -1.56. The van der Waals surface area contributed by atoms with Gasteiger partial charge in [0.25, 0.3) is 0 Å². The third kappa shape index (κ3) is 5.35. The third-order valence-electron chi connectivity index (χ3n) is 2.21. The number of aryl methyl sites for hydroxylation is 1. The van der Waals surface area contributed by atoms with E-state index >= 15 is 0 Å². The fraction of sp³-hybridized carbons (Fsp3) is 0.455. The Morgan fingerprint density at radius 1 is 1.53 bits per heavy atom. The molecule has 1 aromatic rings. The van der Waals surface area contributed by atoms with Gasteiger partial charge >= 0.3 is 0 Å². The van der Waals surface area contributed by atoms with E-state index in [0.717, 1.165) is 12.8 Å². The summed E-state index contributed by atoms with van der Waals surface area (Å²) in [5.74, 6) is -0.333. The molecule has 0 saturated carbocycles. The lowest BCUT2D eigenvalue weighted by molar-refractivity contribution is -0.251. The van der Waals surface area contributed by atoms with E-state index < -0.39 is 12.1 Å². The van der Waals surface area contributed by atoms with E-state index in [1.807, 2.05) is 22.8 Å². The second kappa shape index (κ2) is 6.90. The normalized spacial score (nSPS) is 11.8. The summed E-state index contributed by atoms with van der Waals surface area (Å²) in [7, 11) is 0. The summed E-state index contributed by atoms with van der Waals surface area (Å²) >= 11 is 1.69. The van der Waals surface area contributed by atoms with E-state index in [9.17, 15) is 14.7 Å². The van der Waals surface area contributed by atoms with Crippen LogP contribution >= 0.6 is 11.3 Å². The fourth-order valence-electron chi connectivity index (χ4n) is 1.32. The van der Waals surface area contributed by atoms with Crippen molar-refractivity contribution in [2.24, 2.45) is 0 Å². The van der Waals surface area contributed by atoms with Crippen molar-refractivity contribution in [3.8, 4) is 0 Å². The molecule has 0 saturated heterocycles. The van der Waals surface area contributed by atoms with Gasteiger partial charge in [0.15, 0.2) is 0 Å². The topological polar surface area (TPSA) is 81.3 Å². The van der Waals surface area contributed by atoms with Gasteiger partial charge in [-0.3, -0.25) is 4.79 Å². The van der Waals surface area contributed by atoms with E-state index in [1.54, 1.807) is 11.3 Å². The van der Waals surface area contributed by atoms with Crippen LogP contribution in [0.5, 0.6) is 0 Å². The Bertz CT molecular complexity index is 365. The lowest BCUT2D eigenvalue weighted by Crippen LogP contribution is -2.49. The molecule has 1 aromatic heterocycles. The second-order valence-electron chi connectivity index (χ2n) is 3.63. The highest BCUT2D eigenvalue weighted by Gasteiger charge is 2.10. The smallest absolute Gasteiger partial charge is 0.242 e. The van der Waals surface area contributed by atoms with Crippen molar-refractivity contribution in [1.29, 1.82) is 0 Å². The van der Waals surface area contributed by atoms with Crippen LogP contribution in [0.3, 0.4) is 0 Å². The number of carbonyl (C=O) groups is 2. The summed E-state index contributed by atoms with van der Waals surface area (Å²) in [6, 6.07) is 3.26. The van der Waals surface area contributed by atoms with E-state index in [4.69, 9.17) is 0 Å². The van der Waals surface area contributed by atoms with E-state index in [2.05, 4.69) is 5.32 Å². The number of carboxylic acid groups (broad SMARTS) is 1. The molecule has 0 bridgehead atoms. The molecule has 0 radical (unpaired) electrons. The van der Waals surface area contributed by atoms with Crippen LogP contribution in [-0.2, 0) is 11.2 Å². The van der Waals surface area contributed by atoms with Crippen molar-refractivity contribution >= 4 is 23.3 Å². The molecule has 1 heterocycles. The number of carbonyl (C=O) groups excluding carboxylic acids is 2. The average Bonchev–Trinajstić information content (AvgIpc) is 2.75. The summed E-state index contributed by atoms with van der Waals surface area (Å²) in [5.41, 5.74) is 0. The quantitative estimate of drug-likeness (QED) is 0.708. The first-order chi connectivity index (χ1) is 8.09. The van der Waals surface area contributed by atoms with Gasteiger partial charge in [-0.15, -0.1) is 11.3 Å². The summed E-state index contributed by atoms with van der Waals surface area (Å²) in [4.78, 5) is 22.9. The molecule has 0 spiro atoms. The standard InChI is InChI=1S/C11H16N2O3S/c1-8(13-11(15)16)10(14)12-6-2-4-9-5-3-7-17-9/h3,5,7-8,13H,2,4,6H2,1H3,(H,12,14)(H,15,16)/p-1. The van der Waals surface area contributed by atoms with Crippen LogP contribution in [0.2, 0.25) is 0 Å². The molecule has 1 unspecified atom stereocenters. The maximum atomic E-state index is 11.4. The summed E-state index contributed by atoms with van der Waals surface area (Å²) in [6.45, 7) is 2.01. The van der Waals surface area contributed by atoms with Gasteiger partial charge in [0.05, 0.1) is 0 Å². The summed E-state index contributed by atoms with van der Waals surface area (Å²) in [5, 5.41) is 16.9. The van der Waals surface area contributed by atoms with Crippen molar-refractivity contribution in [3.63, 3.8) is 0 Å². The second-order valence-corrected chi connectivity index (χ2v) is 4.66. The van der Waals surface area contributed by atoms with Gasteiger partial charge in [-0.05, 0) is 31.2 Å². The molecule has 1 rings (SSSR count). The largest absolute Gasteiger partial charge is 0.530 e. The van der Waals surface area contributed by atoms with E-state index in [1.165, 1.54) is 11.8 Å². The Morgan fingerprint density at radius 2 is 2.29 bits per heavy atom. The first-order valence-electron chi connectivity index (χ1n) is 5.37. The van der Waals surface area contributed by atoms with Crippen LogP contribution in [-0.4, -0.2) is 24.6 Å². The van der Waals surface area contributed by atoms with Crippen LogP contribution in [0.4, 0.5) is 4.79 Å². The Kier molecular flexibility index (Phi) is 5.48. The molecule has 5 nitrogen and oxygen atoms in total. The average molecular weight is 255 g/mol. The van der Waals surface area contributed by atoms with Crippen molar-refractivity contribution in [2.45, 2.75) is 25.8 Å². The first kappa shape index (κ1) is 13.5. The van der Waals surface area contributed by atoms with Gasteiger partial charge in [-0.25, -0.2) is 0 Å². The third-order valence-corrected chi connectivity index (χ3v) is 3.14. The molecular formula is C11H15N2O3S-. The lowest BCUT2D eigenvalue weighted by Gasteiger charge is -2.15. The van der Waals surface area contributed by atoms with Crippen LogP contribution in [0.1, 0.15) is 18.2 Å². The molecule has 0 aliphatic carbocycles. The molecule has 2 amide bonds. The maximum Gasteiger partial charge on any atom is 0.242 e. The molecule has 0 aliphatic heterocycles. The van der Waals surface area contributed by atoms with Crippen LogP contribution < -0.4 is 15.7 Å². The minimum Gasteiger partial charge on any atom is -0.530 e. The van der Waals surface area contributed by atoms with Gasteiger partial charge < -0.3 is 20.5 Å². The molecule has 6 heteroatoms. The highest BCUT2D eigenvalue weighted by Crippen LogP contribution is 2.10. The fourth-order valence-corrected chi connectivity index (χ4v) is 2.08. The number of thiophene rings is 1. The van der Waals surface area contributed by atoms with E-state index in [0.29, 0.717) is 6.54 Å². The number of hydrogen-bond donors (Lipinski definition) is 2. The van der Waals surface area contributed by atoms with Gasteiger partial charge in [0.2, 0.25) is 5.91 Å². The molecule has 0 aromatic carbocycles. The Balaban J connectivity index is 2.13. The number of amides is 2. The lowest BCUT2D eigenvalue weighted by atomic mass is 10.2. The van der Waals surface area contributed by atoms with Crippen LogP contribution in [0, 0.1) is 0 Å². The minimum absolute atomic E-state index is 0.333. The molecule has 1 atom stereocenters. The summed E-state index contributed by atoms with van der Waals surface area (Å²) in [6.07, 6.45) is 0.316. The number of hydrogen-bond acceptors (Lipinski definition) is 4. The van der Waals surface area contributed by atoms with Gasteiger partial charge in [0.1, 0.15) is 12.1 Å². The zero-order valence-electron chi connectivity index (χ0n) is 9.56. The van der Waals surface area contributed by atoms with Crippen LogP contribution in [0.15, 0.2) is 17.5 Å². The van der Waals surface area contributed by atoms with Crippen LogP contribution in [0.25, 0.3) is 0 Å². The van der Waals surface area contributed by atoms with Crippen molar-refractivity contribution in [2.75, 3.05) is 6.54 Å². The molecule has 0 aliphatic rings. The summed E-state index contributed by atoms with van der Waals surface area (Å²) < 4.78 is 0. The minimum atomic E-state index is -1.44. The predicted molar refractivity (Wildman–Crippen MR) is 63.6 cm³/mol. The van der Waals surface area contributed by atoms with Crippen molar-refractivity contribution < 1.29 is 14.7 Å². The zero-order chi connectivity index (χ0) is 12.7.